The van der Waals surface area contributed by atoms with Gasteiger partial charge < -0.3 is 9.30 Å². The Kier molecular flexibility index (Phi) is 7.69. The number of nitrogens with one attached hydrogen (secondary N) is 1. The van der Waals surface area contributed by atoms with Crippen molar-refractivity contribution in [3.63, 3.8) is 0 Å². The molecule has 0 aliphatic heterocycles. The van der Waals surface area contributed by atoms with Crippen LogP contribution in [0.3, 0.4) is 0 Å². The number of aromatic nitrogens is 2. The van der Waals surface area contributed by atoms with Crippen LogP contribution in [-0.4, -0.2) is 34.5 Å². The first kappa shape index (κ1) is 23.4. The van der Waals surface area contributed by atoms with E-state index in [9.17, 15) is 4.79 Å². The molecule has 0 unspecified atom stereocenters. The highest BCUT2D eigenvalue weighted by Gasteiger charge is 2.14. The maximum absolute atomic E-state index is 12.4. The number of hydrazone groups is 1. The first-order valence-corrected chi connectivity index (χ1v) is 12.2. The van der Waals surface area contributed by atoms with Crippen LogP contribution in [-0.2, 0) is 11.3 Å². The summed E-state index contributed by atoms with van der Waals surface area (Å²) < 4.78 is 8.10. The van der Waals surface area contributed by atoms with Crippen molar-refractivity contribution in [3.8, 4) is 5.75 Å². The van der Waals surface area contributed by atoms with E-state index in [0.717, 1.165) is 37.5 Å². The number of thioether (sulfide) groups is 1. The van der Waals surface area contributed by atoms with Gasteiger partial charge >= 0.3 is 0 Å². The molecule has 33 heavy (non-hydrogen) atoms. The molecule has 1 N–H and O–H groups in total. The largest absolute Gasteiger partial charge is 0.496 e. The van der Waals surface area contributed by atoms with Crippen molar-refractivity contribution in [1.82, 2.24) is 15.0 Å². The molecule has 0 radical (unpaired) electrons. The SMILES string of the molecule is COc1ccc(/C=N/NC(=O)CSc2nc3ccccc3n2Cc2ccccc2Cl)cc1Br. The molecule has 0 aliphatic rings. The summed E-state index contributed by atoms with van der Waals surface area (Å²) >= 11 is 11.2. The summed E-state index contributed by atoms with van der Waals surface area (Å²) in [5, 5.41) is 5.49. The Morgan fingerprint density at radius 2 is 2.00 bits per heavy atom. The van der Waals surface area contributed by atoms with Crippen molar-refractivity contribution in [2.75, 3.05) is 12.9 Å². The number of hydrogen-bond donors (Lipinski definition) is 1. The number of para-hydroxylation sites is 2. The van der Waals surface area contributed by atoms with Gasteiger partial charge in [0.2, 0.25) is 0 Å². The lowest BCUT2D eigenvalue weighted by Gasteiger charge is -2.10. The zero-order valence-corrected chi connectivity index (χ0v) is 20.8. The summed E-state index contributed by atoms with van der Waals surface area (Å²) in [7, 11) is 1.61. The molecule has 3 aromatic carbocycles. The number of ether oxygens (including phenoxy) is 1. The lowest BCUT2D eigenvalue weighted by molar-refractivity contribution is -0.118. The number of hydrogen-bond acceptors (Lipinski definition) is 5. The van der Waals surface area contributed by atoms with Gasteiger partial charge in [0.1, 0.15) is 5.75 Å². The number of fused-ring (bicyclic) bond motifs is 1. The molecular weight excluding hydrogens is 524 g/mol. The molecule has 0 saturated carbocycles. The number of methoxy groups -OCH3 is 1. The summed E-state index contributed by atoms with van der Waals surface area (Å²) in [6, 6.07) is 21.2. The first-order chi connectivity index (χ1) is 16.0. The maximum atomic E-state index is 12.4. The van der Waals surface area contributed by atoms with Gasteiger partial charge in [-0.2, -0.15) is 5.10 Å². The monoisotopic (exact) mass is 542 g/mol. The van der Waals surface area contributed by atoms with Gasteiger partial charge in [-0.3, -0.25) is 4.79 Å². The second kappa shape index (κ2) is 10.9. The Hall–Kier alpha value is -2.81. The minimum Gasteiger partial charge on any atom is -0.496 e. The highest BCUT2D eigenvalue weighted by atomic mass is 79.9. The summed E-state index contributed by atoms with van der Waals surface area (Å²) in [5.41, 5.74) is 6.25. The van der Waals surface area contributed by atoms with Crippen LogP contribution in [0.5, 0.6) is 5.75 Å². The predicted octanol–water partition coefficient (Wildman–Crippen LogP) is 5.75. The molecule has 9 heteroatoms. The van der Waals surface area contributed by atoms with E-state index in [1.54, 1.807) is 13.3 Å². The van der Waals surface area contributed by atoms with Crippen molar-refractivity contribution >= 4 is 62.4 Å². The lowest BCUT2D eigenvalue weighted by atomic mass is 10.2. The van der Waals surface area contributed by atoms with E-state index in [2.05, 4.69) is 31.0 Å². The molecule has 168 valence electrons. The third-order valence-corrected chi connectivity index (χ3v) is 6.78. The van der Waals surface area contributed by atoms with Crippen molar-refractivity contribution in [2.24, 2.45) is 5.10 Å². The zero-order chi connectivity index (χ0) is 23.2. The summed E-state index contributed by atoms with van der Waals surface area (Å²) in [5.74, 6) is 0.683. The molecule has 4 rings (SSSR count). The van der Waals surface area contributed by atoms with Crippen molar-refractivity contribution in [1.29, 1.82) is 0 Å². The minimum absolute atomic E-state index is 0.176. The molecule has 1 aromatic heterocycles. The highest BCUT2D eigenvalue weighted by molar-refractivity contribution is 9.10. The molecule has 1 heterocycles. The average Bonchev–Trinajstić information content (AvgIpc) is 3.17. The van der Waals surface area contributed by atoms with E-state index in [0.29, 0.717) is 11.6 Å². The van der Waals surface area contributed by atoms with Gasteiger partial charge in [0, 0.05) is 5.02 Å². The van der Waals surface area contributed by atoms with Crippen LogP contribution in [0.25, 0.3) is 11.0 Å². The number of benzene rings is 3. The number of halogens is 2. The smallest absolute Gasteiger partial charge is 0.250 e. The lowest BCUT2D eigenvalue weighted by Crippen LogP contribution is -2.20. The summed E-state index contributed by atoms with van der Waals surface area (Å²) in [4.78, 5) is 17.1. The molecule has 0 saturated heterocycles. The second-order valence-corrected chi connectivity index (χ2v) is 9.24. The minimum atomic E-state index is -0.222. The van der Waals surface area contributed by atoms with Crippen LogP contribution in [0, 0.1) is 0 Å². The third-order valence-electron chi connectivity index (χ3n) is 4.82. The van der Waals surface area contributed by atoms with Gasteiger partial charge in [-0.15, -0.1) is 0 Å². The third kappa shape index (κ3) is 5.76. The fraction of sp³-hybridized carbons (Fsp3) is 0.125. The van der Waals surface area contributed by atoms with E-state index in [4.69, 9.17) is 21.3 Å². The fourth-order valence-electron chi connectivity index (χ4n) is 3.22. The Morgan fingerprint density at radius 1 is 1.21 bits per heavy atom. The predicted molar refractivity (Wildman–Crippen MR) is 137 cm³/mol. The molecule has 0 bridgehead atoms. The average molecular weight is 544 g/mol. The van der Waals surface area contributed by atoms with Crippen LogP contribution in [0.15, 0.2) is 81.5 Å². The molecule has 0 atom stereocenters. The van der Waals surface area contributed by atoms with Crippen LogP contribution in [0.1, 0.15) is 11.1 Å². The molecule has 0 fully saturated rings. The van der Waals surface area contributed by atoms with E-state index < -0.39 is 0 Å². The van der Waals surface area contributed by atoms with E-state index in [1.807, 2.05) is 66.7 Å². The van der Waals surface area contributed by atoms with Crippen molar-refractivity contribution < 1.29 is 9.53 Å². The first-order valence-electron chi connectivity index (χ1n) is 10.0. The van der Waals surface area contributed by atoms with Crippen LogP contribution in [0.4, 0.5) is 0 Å². The molecule has 0 aliphatic carbocycles. The molecule has 4 aromatic rings. The number of imidazole rings is 1. The number of amides is 1. The van der Waals surface area contributed by atoms with Crippen LogP contribution >= 0.6 is 39.3 Å². The Labute approximate surface area is 209 Å². The van der Waals surface area contributed by atoms with Gasteiger partial charge in [0.25, 0.3) is 5.91 Å². The standard InChI is InChI=1S/C24H20BrClN4O2S/c1-32-22-11-10-16(12-18(22)25)13-27-29-23(31)15-33-24-28-20-8-4-5-9-21(20)30(24)14-17-6-2-3-7-19(17)26/h2-13H,14-15H2,1H3,(H,29,31)/b27-13+. The van der Waals surface area contributed by atoms with E-state index in [-0.39, 0.29) is 11.7 Å². The van der Waals surface area contributed by atoms with Crippen molar-refractivity contribution in [3.05, 3.63) is 87.4 Å². The van der Waals surface area contributed by atoms with Gasteiger partial charge in [-0.1, -0.05) is 53.7 Å². The molecule has 0 spiro atoms. The Morgan fingerprint density at radius 3 is 2.79 bits per heavy atom. The van der Waals surface area contributed by atoms with E-state index in [1.165, 1.54) is 11.8 Å². The molecule has 6 nitrogen and oxygen atoms in total. The Balaban J connectivity index is 1.44. The molecule has 1 amide bonds. The fourth-order valence-corrected chi connectivity index (χ4v) is 4.78. The number of rotatable bonds is 8. The summed E-state index contributed by atoms with van der Waals surface area (Å²) in [6.07, 6.45) is 1.58. The van der Waals surface area contributed by atoms with Crippen molar-refractivity contribution in [2.45, 2.75) is 11.7 Å². The maximum Gasteiger partial charge on any atom is 0.250 e. The van der Waals surface area contributed by atoms with Crippen LogP contribution < -0.4 is 10.2 Å². The van der Waals surface area contributed by atoms with Crippen LogP contribution in [0.2, 0.25) is 5.02 Å². The Bertz CT molecular complexity index is 1330. The number of carbonyl (C=O) groups is 1. The second-order valence-electron chi connectivity index (χ2n) is 7.04. The van der Waals surface area contributed by atoms with Gasteiger partial charge in [0.05, 0.1) is 41.1 Å². The zero-order valence-electron chi connectivity index (χ0n) is 17.7. The highest BCUT2D eigenvalue weighted by Crippen LogP contribution is 2.27. The molecular formula is C24H20BrClN4O2S. The number of nitrogens with zero attached hydrogens (tertiary/aromatic N) is 3. The quantitative estimate of drug-likeness (QED) is 0.175. The van der Waals surface area contributed by atoms with Gasteiger partial charge in [-0.05, 0) is 63.5 Å². The number of carbonyl (C=O) groups excluding carboxylic acids is 1. The van der Waals surface area contributed by atoms with Gasteiger partial charge in [-0.25, -0.2) is 10.4 Å². The topological polar surface area (TPSA) is 68.5 Å². The van der Waals surface area contributed by atoms with Gasteiger partial charge in [0.15, 0.2) is 5.16 Å². The van der Waals surface area contributed by atoms with E-state index >= 15 is 0 Å². The summed E-state index contributed by atoms with van der Waals surface area (Å²) in [6.45, 7) is 0.564. The normalized spacial score (nSPS) is 11.2.